The van der Waals surface area contributed by atoms with Crippen molar-refractivity contribution in [1.29, 1.82) is 0 Å². The average molecular weight is 579 g/mol. The van der Waals surface area contributed by atoms with Crippen LogP contribution in [0.1, 0.15) is 5.56 Å². The Labute approximate surface area is 186 Å². The fourth-order valence-electron chi connectivity index (χ4n) is 2.16. The molecule has 1 amide bonds. The first kappa shape index (κ1) is 22.3. The largest absolute Gasteiger partial charge is 0.481 e. The molecule has 0 aliphatic heterocycles. The molecular weight excluding hydrogens is 564 g/mol. The van der Waals surface area contributed by atoms with Crippen molar-refractivity contribution in [1.82, 2.24) is 5.43 Å². The smallest absolute Gasteiger partial charge is 0.293 e. The Morgan fingerprint density at radius 2 is 1.89 bits per heavy atom. The molecule has 2 rings (SSSR count). The maximum absolute atomic E-state index is 11.9. The van der Waals surface area contributed by atoms with Gasteiger partial charge in [0, 0.05) is 30.2 Å². The Bertz CT molecular complexity index is 912. The van der Waals surface area contributed by atoms with Crippen LogP contribution in [0, 0.1) is 10.1 Å². The molecule has 0 unspecified atom stereocenters. The number of nitro groups is 1. The summed E-state index contributed by atoms with van der Waals surface area (Å²) in [5.41, 5.74) is 3.24. The molecule has 2 aromatic rings. The Hall–Kier alpha value is -1.98. The third kappa shape index (κ3) is 6.01. The lowest BCUT2D eigenvalue weighted by Gasteiger charge is -2.12. The number of carbonyl (C=O) groups is 1. The molecule has 0 fully saturated rings. The summed E-state index contributed by atoms with van der Waals surface area (Å²) in [5.74, 6) is 0.00890. The standard InChI is InChI=1S/C17H15Br3N4O4/c1-23(2)14-4-3-10(5-15(14)24(26)27)8-21-22-16(25)9-28-17-12(19)6-11(18)7-13(17)20/h3-8H,9H2,1-2H3,(H,22,25)/b21-8+. The van der Waals surface area contributed by atoms with Crippen molar-refractivity contribution in [3.8, 4) is 5.75 Å². The maximum Gasteiger partial charge on any atom is 0.293 e. The van der Waals surface area contributed by atoms with Crippen LogP contribution in [0.25, 0.3) is 0 Å². The highest BCUT2D eigenvalue weighted by atomic mass is 79.9. The second-order valence-electron chi connectivity index (χ2n) is 5.68. The van der Waals surface area contributed by atoms with Gasteiger partial charge in [-0.1, -0.05) is 22.0 Å². The lowest BCUT2D eigenvalue weighted by molar-refractivity contribution is -0.384. The number of ether oxygens (including phenoxy) is 1. The first-order valence-electron chi connectivity index (χ1n) is 7.74. The summed E-state index contributed by atoms with van der Waals surface area (Å²) in [6, 6.07) is 8.26. The summed E-state index contributed by atoms with van der Waals surface area (Å²) in [7, 11) is 3.44. The number of hydrazone groups is 1. The Morgan fingerprint density at radius 1 is 1.25 bits per heavy atom. The van der Waals surface area contributed by atoms with Crippen molar-refractivity contribution < 1.29 is 14.5 Å². The van der Waals surface area contributed by atoms with Gasteiger partial charge in [-0.05, 0) is 50.1 Å². The molecule has 0 aliphatic carbocycles. The lowest BCUT2D eigenvalue weighted by Crippen LogP contribution is -2.24. The van der Waals surface area contributed by atoms with Gasteiger partial charge in [-0.25, -0.2) is 5.43 Å². The fraction of sp³-hybridized carbons (Fsp3) is 0.176. The van der Waals surface area contributed by atoms with Crippen LogP contribution in [0.2, 0.25) is 0 Å². The van der Waals surface area contributed by atoms with Gasteiger partial charge in [0.05, 0.1) is 20.1 Å². The van der Waals surface area contributed by atoms with Crippen LogP contribution in [0.4, 0.5) is 11.4 Å². The summed E-state index contributed by atoms with van der Waals surface area (Å²) in [6.45, 7) is -0.254. The van der Waals surface area contributed by atoms with E-state index in [0.717, 1.165) is 4.47 Å². The van der Waals surface area contributed by atoms with Gasteiger partial charge in [0.1, 0.15) is 11.4 Å². The second-order valence-corrected chi connectivity index (χ2v) is 8.30. The molecule has 0 spiro atoms. The van der Waals surface area contributed by atoms with Gasteiger partial charge >= 0.3 is 0 Å². The molecule has 0 bridgehead atoms. The minimum Gasteiger partial charge on any atom is -0.481 e. The van der Waals surface area contributed by atoms with Crippen molar-refractivity contribution in [3.63, 3.8) is 0 Å². The molecule has 8 nitrogen and oxygen atoms in total. The van der Waals surface area contributed by atoms with Crippen LogP contribution in [-0.2, 0) is 4.79 Å². The third-order valence-electron chi connectivity index (χ3n) is 3.39. The van der Waals surface area contributed by atoms with Crippen LogP contribution in [0.3, 0.4) is 0 Å². The predicted octanol–water partition coefficient (Wildman–Crippen LogP) is 4.48. The SMILES string of the molecule is CN(C)c1ccc(/C=N/NC(=O)COc2c(Br)cc(Br)cc2Br)cc1[N+](=O)[O-]. The molecule has 0 saturated carbocycles. The minimum absolute atomic E-state index is 0.0476. The summed E-state index contributed by atoms with van der Waals surface area (Å²) >= 11 is 10.1. The molecule has 0 heterocycles. The van der Waals surface area contributed by atoms with Gasteiger partial charge in [-0.3, -0.25) is 14.9 Å². The van der Waals surface area contributed by atoms with E-state index in [1.807, 2.05) is 0 Å². The molecule has 0 aliphatic rings. The zero-order chi connectivity index (χ0) is 20.8. The molecule has 1 N–H and O–H groups in total. The molecule has 148 valence electrons. The minimum atomic E-state index is -0.475. The van der Waals surface area contributed by atoms with E-state index < -0.39 is 10.8 Å². The number of rotatable bonds is 7. The van der Waals surface area contributed by atoms with E-state index in [4.69, 9.17) is 4.74 Å². The summed E-state index contributed by atoms with van der Waals surface area (Å²) < 4.78 is 7.69. The van der Waals surface area contributed by atoms with Crippen molar-refractivity contribution in [2.45, 2.75) is 0 Å². The normalized spacial score (nSPS) is 10.8. The van der Waals surface area contributed by atoms with E-state index in [1.165, 1.54) is 12.3 Å². The topological polar surface area (TPSA) is 97.1 Å². The number of nitro benzene ring substituents is 1. The van der Waals surface area contributed by atoms with Crippen molar-refractivity contribution >= 4 is 71.3 Å². The third-order valence-corrected chi connectivity index (χ3v) is 5.03. The van der Waals surface area contributed by atoms with Gasteiger partial charge in [0.15, 0.2) is 6.61 Å². The number of amides is 1. The first-order chi connectivity index (χ1) is 13.2. The van der Waals surface area contributed by atoms with E-state index in [9.17, 15) is 14.9 Å². The second kappa shape index (κ2) is 9.99. The van der Waals surface area contributed by atoms with Gasteiger partial charge in [0.2, 0.25) is 0 Å². The molecule has 0 saturated heterocycles. The maximum atomic E-state index is 11.9. The van der Waals surface area contributed by atoms with Gasteiger partial charge in [-0.15, -0.1) is 0 Å². The highest BCUT2D eigenvalue weighted by molar-refractivity contribution is 9.11. The van der Waals surface area contributed by atoms with Crippen molar-refractivity contribution in [3.05, 3.63) is 59.4 Å². The zero-order valence-corrected chi connectivity index (χ0v) is 19.5. The number of benzene rings is 2. The molecule has 28 heavy (non-hydrogen) atoms. The van der Waals surface area contributed by atoms with E-state index in [0.29, 0.717) is 25.9 Å². The monoisotopic (exact) mass is 576 g/mol. The molecular formula is C17H15Br3N4O4. The van der Waals surface area contributed by atoms with E-state index in [1.54, 1.807) is 43.3 Å². The molecule has 0 aromatic heterocycles. The Balaban J connectivity index is 1.98. The number of anilines is 1. The van der Waals surface area contributed by atoms with Crippen LogP contribution in [0.15, 0.2) is 48.9 Å². The van der Waals surface area contributed by atoms with Gasteiger partial charge in [-0.2, -0.15) is 5.10 Å². The van der Waals surface area contributed by atoms with Gasteiger partial charge in [0.25, 0.3) is 11.6 Å². The zero-order valence-electron chi connectivity index (χ0n) is 14.8. The lowest BCUT2D eigenvalue weighted by atomic mass is 10.2. The van der Waals surface area contributed by atoms with Gasteiger partial charge < -0.3 is 9.64 Å². The van der Waals surface area contributed by atoms with Crippen LogP contribution >= 0.6 is 47.8 Å². The summed E-state index contributed by atoms with van der Waals surface area (Å²) in [5, 5.41) is 15.0. The number of carbonyl (C=O) groups excluding carboxylic acids is 1. The Kier molecular flexibility index (Phi) is 7.96. The quantitative estimate of drug-likeness (QED) is 0.297. The molecule has 0 radical (unpaired) electrons. The predicted molar refractivity (Wildman–Crippen MR) is 118 cm³/mol. The summed E-state index contributed by atoms with van der Waals surface area (Å²) in [6.07, 6.45) is 1.33. The van der Waals surface area contributed by atoms with Crippen LogP contribution in [0.5, 0.6) is 5.75 Å². The van der Waals surface area contributed by atoms with Crippen LogP contribution in [-0.4, -0.2) is 37.7 Å². The number of hydrogen-bond acceptors (Lipinski definition) is 6. The first-order valence-corrected chi connectivity index (χ1v) is 10.1. The molecule has 0 atom stereocenters. The van der Waals surface area contributed by atoms with E-state index in [-0.39, 0.29) is 12.3 Å². The number of nitrogens with zero attached hydrogens (tertiary/aromatic N) is 3. The van der Waals surface area contributed by atoms with Crippen LogP contribution < -0.4 is 15.1 Å². The highest BCUT2D eigenvalue weighted by Crippen LogP contribution is 2.36. The highest BCUT2D eigenvalue weighted by Gasteiger charge is 2.15. The van der Waals surface area contributed by atoms with E-state index in [2.05, 4.69) is 58.3 Å². The Morgan fingerprint density at radius 3 is 2.46 bits per heavy atom. The number of nitrogens with one attached hydrogen (secondary N) is 1. The van der Waals surface area contributed by atoms with Crippen molar-refractivity contribution in [2.75, 3.05) is 25.6 Å². The average Bonchev–Trinajstić information content (AvgIpc) is 2.60. The number of hydrogen-bond donors (Lipinski definition) is 1. The molecule has 2 aromatic carbocycles. The number of halogens is 3. The van der Waals surface area contributed by atoms with Crippen molar-refractivity contribution in [2.24, 2.45) is 5.10 Å². The summed E-state index contributed by atoms with van der Waals surface area (Å²) in [4.78, 5) is 24.3. The fourth-order valence-corrected chi connectivity index (χ4v) is 4.65. The molecule has 11 heteroatoms. The van der Waals surface area contributed by atoms with E-state index >= 15 is 0 Å².